The molecule has 2 amide bonds. The summed E-state index contributed by atoms with van der Waals surface area (Å²) in [5.74, 6) is -0.203. The first-order chi connectivity index (χ1) is 7.48. The molecule has 0 atom stereocenters. The largest absolute Gasteiger partial charge is 0.466 e. The Morgan fingerprint density at radius 1 is 1.62 bits per heavy atom. The maximum Gasteiger partial charge on any atom is 0.409 e. The van der Waals surface area contributed by atoms with Crippen LogP contribution in [0.2, 0.25) is 0 Å². The zero-order chi connectivity index (χ0) is 11.9. The molecule has 16 heavy (non-hydrogen) atoms. The van der Waals surface area contributed by atoms with Gasteiger partial charge in [0.05, 0.1) is 25.9 Å². The molecule has 0 aromatic heterocycles. The highest BCUT2D eigenvalue weighted by Gasteiger charge is 2.56. The minimum absolute atomic E-state index is 0.203. The maximum absolute atomic E-state index is 11.8. The first-order valence-corrected chi connectivity index (χ1v) is 5.76. The molecule has 2 aliphatic rings. The van der Waals surface area contributed by atoms with Crippen molar-refractivity contribution in [2.24, 2.45) is 0 Å². The molecule has 0 aromatic rings. The van der Waals surface area contributed by atoms with Gasteiger partial charge in [0.1, 0.15) is 0 Å². The van der Waals surface area contributed by atoms with E-state index in [0.717, 1.165) is 0 Å². The van der Waals surface area contributed by atoms with Gasteiger partial charge in [-0.15, -0.1) is 0 Å². The van der Waals surface area contributed by atoms with Crippen LogP contribution < -0.4 is 5.32 Å². The van der Waals surface area contributed by atoms with Crippen LogP contribution in [-0.2, 0) is 14.3 Å². The summed E-state index contributed by atoms with van der Waals surface area (Å²) in [5.41, 5.74) is -0.225. The molecule has 1 saturated heterocycles. The van der Waals surface area contributed by atoms with E-state index in [9.17, 15) is 9.59 Å². The monoisotopic (exact) mass is 338 g/mol. The van der Waals surface area contributed by atoms with E-state index in [1.54, 1.807) is 6.92 Å². The fourth-order valence-electron chi connectivity index (χ4n) is 1.66. The number of carbonyl (C=O) groups is 2. The summed E-state index contributed by atoms with van der Waals surface area (Å²) in [6.07, 6.45) is -0.441. The predicted octanol–water partition coefficient (Wildman–Crippen LogP) is 0.578. The predicted molar refractivity (Wildman–Crippen MR) is 62.7 cm³/mol. The number of hydrogen-bond donors (Lipinski definition) is 1. The Morgan fingerprint density at radius 3 is 2.81 bits per heavy atom. The quantitative estimate of drug-likeness (QED) is 0.656. The van der Waals surface area contributed by atoms with Crippen molar-refractivity contribution in [3.8, 4) is 0 Å². The number of carbonyl (C=O) groups excluding carboxylic acids is 2. The smallest absolute Gasteiger partial charge is 0.409 e. The van der Waals surface area contributed by atoms with Crippen LogP contribution in [0.1, 0.15) is 6.92 Å². The van der Waals surface area contributed by atoms with Crippen LogP contribution in [0.15, 0.2) is 9.46 Å². The van der Waals surface area contributed by atoms with E-state index in [2.05, 4.69) is 10.1 Å². The summed E-state index contributed by atoms with van der Waals surface area (Å²) in [7, 11) is 1.31. The molecule has 2 rings (SSSR count). The maximum atomic E-state index is 11.8. The number of halogens is 1. The molecule has 0 aromatic carbocycles. The standard InChI is InChI=1S/C9H11IN2O4/c1-5-6(10)16-9(7(13)11-5)3-12(4-9)8(14)15-2/h3-4H2,1-2H3,(H,11,13). The van der Waals surface area contributed by atoms with Crippen molar-refractivity contribution < 1.29 is 19.1 Å². The second kappa shape index (κ2) is 3.79. The number of likely N-dealkylation sites (tertiary alicyclic amines) is 1. The van der Waals surface area contributed by atoms with Crippen molar-refractivity contribution >= 4 is 34.6 Å². The fourth-order valence-corrected chi connectivity index (χ4v) is 2.22. The summed E-state index contributed by atoms with van der Waals surface area (Å²) < 4.78 is 10.8. The molecule has 0 aliphatic carbocycles. The number of rotatable bonds is 0. The summed E-state index contributed by atoms with van der Waals surface area (Å²) in [6.45, 7) is 2.22. The molecule has 1 fully saturated rings. The Balaban J connectivity index is 2.08. The second-order valence-corrected chi connectivity index (χ2v) is 4.76. The van der Waals surface area contributed by atoms with Crippen LogP contribution in [0.5, 0.6) is 0 Å². The minimum atomic E-state index is -0.926. The van der Waals surface area contributed by atoms with E-state index < -0.39 is 11.7 Å². The average molecular weight is 338 g/mol. The lowest BCUT2D eigenvalue weighted by Crippen LogP contribution is -2.71. The lowest BCUT2D eigenvalue weighted by molar-refractivity contribution is -0.160. The van der Waals surface area contributed by atoms with Crippen LogP contribution in [0.3, 0.4) is 0 Å². The van der Waals surface area contributed by atoms with Gasteiger partial charge in [-0.05, 0) is 6.92 Å². The SMILES string of the molecule is COC(=O)N1CC2(C1)OC(I)=C(C)NC2=O. The minimum Gasteiger partial charge on any atom is -0.466 e. The number of allylic oxidation sites excluding steroid dienone is 1. The highest BCUT2D eigenvalue weighted by Crippen LogP contribution is 2.34. The molecule has 88 valence electrons. The number of nitrogens with one attached hydrogen (secondary N) is 1. The Kier molecular flexibility index (Phi) is 2.72. The van der Waals surface area contributed by atoms with Crippen LogP contribution in [-0.4, -0.2) is 42.7 Å². The van der Waals surface area contributed by atoms with Gasteiger partial charge in [0, 0.05) is 22.6 Å². The molecular weight excluding hydrogens is 327 g/mol. The molecule has 0 unspecified atom stereocenters. The van der Waals surface area contributed by atoms with Crippen LogP contribution >= 0.6 is 22.6 Å². The Morgan fingerprint density at radius 2 is 2.25 bits per heavy atom. The summed E-state index contributed by atoms with van der Waals surface area (Å²) in [5, 5.41) is 2.73. The van der Waals surface area contributed by atoms with Crippen LogP contribution in [0.4, 0.5) is 4.79 Å². The van der Waals surface area contributed by atoms with Gasteiger partial charge >= 0.3 is 6.09 Å². The molecule has 0 saturated carbocycles. The molecule has 0 radical (unpaired) electrons. The van der Waals surface area contributed by atoms with E-state index >= 15 is 0 Å². The first-order valence-electron chi connectivity index (χ1n) is 4.68. The van der Waals surface area contributed by atoms with E-state index in [1.165, 1.54) is 12.0 Å². The molecule has 1 N–H and O–H groups in total. The van der Waals surface area contributed by atoms with Gasteiger partial charge in [0.2, 0.25) is 5.60 Å². The van der Waals surface area contributed by atoms with Gasteiger partial charge in [0.25, 0.3) is 5.91 Å². The highest BCUT2D eigenvalue weighted by atomic mass is 127. The fraction of sp³-hybridized carbons (Fsp3) is 0.556. The van der Waals surface area contributed by atoms with Gasteiger partial charge in [-0.25, -0.2) is 4.79 Å². The van der Waals surface area contributed by atoms with Crippen LogP contribution in [0.25, 0.3) is 0 Å². The molecule has 2 aliphatic heterocycles. The zero-order valence-electron chi connectivity index (χ0n) is 8.87. The second-order valence-electron chi connectivity index (χ2n) is 3.78. The first kappa shape index (κ1) is 11.5. The van der Waals surface area contributed by atoms with Crippen molar-refractivity contribution in [1.29, 1.82) is 0 Å². The molecule has 0 bridgehead atoms. The van der Waals surface area contributed by atoms with Gasteiger partial charge in [-0.2, -0.15) is 0 Å². The third-order valence-corrected chi connectivity index (χ3v) is 3.65. The Bertz CT molecular complexity index is 387. The zero-order valence-corrected chi connectivity index (χ0v) is 11.0. The molecule has 7 heteroatoms. The van der Waals surface area contributed by atoms with Crippen molar-refractivity contribution in [2.75, 3.05) is 20.2 Å². The van der Waals surface area contributed by atoms with Crippen molar-refractivity contribution in [2.45, 2.75) is 12.5 Å². The number of amides is 2. The summed E-state index contributed by atoms with van der Waals surface area (Å²) >= 11 is 2.02. The van der Waals surface area contributed by atoms with E-state index in [0.29, 0.717) is 9.46 Å². The third kappa shape index (κ3) is 1.62. The lowest BCUT2D eigenvalue weighted by Gasteiger charge is -2.48. The van der Waals surface area contributed by atoms with Gasteiger partial charge < -0.3 is 14.8 Å². The molecular formula is C9H11IN2O4. The topological polar surface area (TPSA) is 67.9 Å². The van der Waals surface area contributed by atoms with Crippen molar-refractivity contribution in [3.05, 3.63) is 9.46 Å². The number of hydrogen-bond acceptors (Lipinski definition) is 4. The average Bonchev–Trinajstić information content (AvgIpc) is 2.19. The van der Waals surface area contributed by atoms with Crippen LogP contribution in [0, 0.1) is 0 Å². The summed E-state index contributed by atoms with van der Waals surface area (Å²) in [6, 6.07) is 0. The van der Waals surface area contributed by atoms with Crippen molar-refractivity contribution in [3.63, 3.8) is 0 Å². The van der Waals surface area contributed by atoms with Gasteiger partial charge in [0.15, 0.2) is 3.77 Å². The normalized spacial score (nSPS) is 22.4. The number of ether oxygens (including phenoxy) is 2. The Hall–Kier alpha value is -0.990. The lowest BCUT2D eigenvalue weighted by atomic mass is 9.92. The number of methoxy groups -OCH3 is 1. The third-order valence-electron chi connectivity index (χ3n) is 2.62. The van der Waals surface area contributed by atoms with Crippen molar-refractivity contribution in [1.82, 2.24) is 10.2 Å². The molecule has 2 heterocycles. The highest BCUT2D eigenvalue weighted by molar-refractivity contribution is 14.1. The van der Waals surface area contributed by atoms with E-state index in [4.69, 9.17) is 4.74 Å². The molecule has 6 nitrogen and oxygen atoms in total. The Labute approximate surface area is 106 Å². The number of nitrogens with zero attached hydrogens (tertiary/aromatic N) is 1. The van der Waals surface area contributed by atoms with E-state index in [1.807, 2.05) is 22.6 Å². The van der Waals surface area contributed by atoms with Gasteiger partial charge in [-0.1, -0.05) is 0 Å². The summed E-state index contributed by atoms with van der Waals surface area (Å²) in [4.78, 5) is 24.4. The molecule has 1 spiro atoms. The van der Waals surface area contributed by atoms with E-state index in [-0.39, 0.29) is 19.0 Å². The van der Waals surface area contributed by atoms with Gasteiger partial charge in [-0.3, -0.25) is 9.69 Å².